The molecule has 16 heavy (non-hydrogen) atoms. The van der Waals surface area contributed by atoms with Crippen LogP contribution in [0.5, 0.6) is 0 Å². The quantitative estimate of drug-likeness (QED) is 0.630. The van der Waals surface area contributed by atoms with E-state index in [2.05, 4.69) is 17.5 Å². The molecular formula is C12H21NO3. The number of allylic oxidation sites excluding steroid dienone is 1. The molecule has 0 heterocycles. The lowest BCUT2D eigenvalue weighted by molar-refractivity contribution is 0.00833. The van der Waals surface area contributed by atoms with E-state index in [0.717, 1.165) is 12.1 Å². The summed E-state index contributed by atoms with van der Waals surface area (Å²) in [6.07, 6.45) is 7.35. The molecule has 92 valence electrons. The van der Waals surface area contributed by atoms with E-state index in [0.29, 0.717) is 26.4 Å². The van der Waals surface area contributed by atoms with Crippen molar-refractivity contribution in [2.24, 2.45) is 0 Å². The standard InChI is InChI=1S/C12H21NO3/c1-13-11-3-5-12(6-4-11)16-10-9-15-8-7-14-2/h3-5,12-13H,6-10H2,1-2H3. The van der Waals surface area contributed by atoms with Gasteiger partial charge in [-0.2, -0.15) is 0 Å². The van der Waals surface area contributed by atoms with Crippen molar-refractivity contribution < 1.29 is 14.2 Å². The van der Waals surface area contributed by atoms with Gasteiger partial charge in [0.25, 0.3) is 0 Å². The molecule has 4 heteroatoms. The number of rotatable bonds is 8. The van der Waals surface area contributed by atoms with Gasteiger partial charge in [0.15, 0.2) is 0 Å². The summed E-state index contributed by atoms with van der Waals surface area (Å²) >= 11 is 0. The van der Waals surface area contributed by atoms with Crippen LogP contribution in [0, 0.1) is 0 Å². The zero-order valence-corrected chi connectivity index (χ0v) is 10.1. The molecule has 0 fully saturated rings. The van der Waals surface area contributed by atoms with Gasteiger partial charge >= 0.3 is 0 Å². The van der Waals surface area contributed by atoms with Gasteiger partial charge in [-0.15, -0.1) is 0 Å². The van der Waals surface area contributed by atoms with Gasteiger partial charge in [0.1, 0.15) is 0 Å². The second kappa shape index (κ2) is 8.33. The molecule has 1 rings (SSSR count). The number of hydrogen-bond acceptors (Lipinski definition) is 4. The minimum atomic E-state index is 0.183. The Hall–Kier alpha value is -0.840. The maximum absolute atomic E-state index is 5.63. The SMILES string of the molecule is CNC1=CCC(OCCOCCOC)C=C1. The summed E-state index contributed by atoms with van der Waals surface area (Å²) in [5, 5.41) is 3.10. The highest BCUT2D eigenvalue weighted by Gasteiger charge is 2.07. The van der Waals surface area contributed by atoms with Gasteiger partial charge in [-0.1, -0.05) is 12.2 Å². The molecule has 1 atom stereocenters. The average Bonchev–Trinajstić information content (AvgIpc) is 2.34. The monoisotopic (exact) mass is 227 g/mol. The Morgan fingerprint density at radius 1 is 1.31 bits per heavy atom. The van der Waals surface area contributed by atoms with Crippen LogP contribution in [0.4, 0.5) is 0 Å². The summed E-state index contributed by atoms with van der Waals surface area (Å²) in [7, 11) is 3.58. The maximum Gasteiger partial charge on any atom is 0.0796 e. The summed E-state index contributed by atoms with van der Waals surface area (Å²) in [5.41, 5.74) is 1.15. The van der Waals surface area contributed by atoms with Crippen LogP contribution < -0.4 is 5.32 Å². The summed E-state index contributed by atoms with van der Waals surface area (Å²) in [4.78, 5) is 0. The first-order chi connectivity index (χ1) is 7.86. The molecule has 0 aromatic carbocycles. The topological polar surface area (TPSA) is 39.7 Å². The van der Waals surface area contributed by atoms with Crippen LogP contribution in [0.25, 0.3) is 0 Å². The van der Waals surface area contributed by atoms with Crippen molar-refractivity contribution in [1.29, 1.82) is 0 Å². The molecule has 0 aliphatic heterocycles. The van der Waals surface area contributed by atoms with Crippen LogP contribution in [0.15, 0.2) is 23.9 Å². The van der Waals surface area contributed by atoms with Crippen molar-refractivity contribution in [3.8, 4) is 0 Å². The van der Waals surface area contributed by atoms with Gasteiger partial charge in [-0.3, -0.25) is 0 Å². The summed E-state index contributed by atoms with van der Waals surface area (Å²) in [5.74, 6) is 0. The Morgan fingerprint density at radius 3 is 2.75 bits per heavy atom. The lowest BCUT2D eigenvalue weighted by atomic mass is 10.1. The van der Waals surface area contributed by atoms with Crippen molar-refractivity contribution in [2.75, 3.05) is 40.6 Å². The Kier molecular flexibility index (Phi) is 6.88. The van der Waals surface area contributed by atoms with Crippen LogP contribution >= 0.6 is 0 Å². The van der Waals surface area contributed by atoms with Crippen molar-refractivity contribution in [1.82, 2.24) is 5.32 Å². The lowest BCUT2D eigenvalue weighted by Crippen LogP contribution is -2.18. The highest BCUT2D eigenvalue weighted by molar-refractivity contribution is 5.22. The molecule has 1 aliphatic rings. The predicted molar refractivity (Wildman–Crippen MR) is 63.3 cm³/mol. The molecule has 4 nitrogen and oxygen atoms in total. The number of methoxy groups -OCH3 is 1. The fourth-order valence-corrected chi connectivity index (χ4v) is 1.41. The van der Waals surface area contributed by atoms with Gasteiger partial charge in [0.05, 0.1) is 32.5 Å². The van der Waals surface area contributed by atoms with E-state index < -0.39 is 0 Å². The number of likely N-dealkylation sites (N-methyl/N-ethyl adjacent to an activating group) is 1. The van der Waals surface area contributed by atoms with Gasteiger partial charge in [-0.05, 0) is 12.5 Å². The smallest absolute Gasteiger partial charge is 0.0796 e. The highest BCUT2D eigenvalue weighted by Crippen LogP contribution is 2.10. The van der Waals surface area contributed by atoms with Crippen molar-refractivity contribution in [3.05, 3.63) is 23.9 Å². The zero-order chi connectivity index (χ0) is 11.6. The maximum atomic E-state index is 5.63. The lowest BCUT2D eigenvalue weighted by Gasteiger charge is -2.16. The van der Waals surface area contributed by atoms with Crippen LogP contribution in [-0.4, -0.2) is 46.7 Å². The largest absolute Gasteiger partial charge is 0.388 e. The van der Waals surface area contributed by atoms with E-state index in [9.17, 15) is 0 Å². The molecule has 0 bridgehead atoms. The molecule has 0 aromatic rings. The summed E-state index contributed by atoms with van der Waals surface area (Å²) in [6, 6.07) is 0. The summed E-state index contributed by atoms with van der Waals surface area (Å²) < 4.78 is 15.8. The molecule has 1 N–H and O–H groups in total. The van der Waals surface area contributed by atoms with Crippen molar-refractivity contribution in [3.63, 3.8) is 0 Å². The molecule has 0 aromatic heterocycles. The second-order valence-corrected chi connectivity index (χ2v) is 3.52. The van der Waals surface area contributed by atoms with Crippen LogP contribution in [0.3, 0.4) is 0 Å². The molecule has 1 aliphatic carbocycles. The minimum Gasteiger partial charge on any atom is -0.388 e. The van der Waals surface area contributed by atoms with E-state index in [-0.39, 0.29) is 6.10 Å². The van der Waals surface area contributed by atoms with Crippen LogP contribution in [0.2, 0.25) is 0 Å². The van der Waals surface area contributed by atoms with Gasteiger partial charge in [0.2, 0.25) is 0 Å². The molecule has 1 unspecified atom stereocenters. The fourth-order valence-electron chi connectivity index (χ4n) is 1.41. The van der Waals surface area contributed by atoms with Gasteiger partial charge in [0, 0.05) is 19.9 Å². The minimum absolute atomic E-state index is 0.183. The fraction of sp³-hybridized carbons (Fsp3) is 0.667. The average molecular weight is 227 g/mol. The predicted octanol–water partition coefficient (Wildman–Crippen LogP) is 1.10. The first-order valence-corrected chi connectivity index (χ1v) is 5.61. The Bertz CT molecular complexity index is 238. The second-order valence-electron chi connectivity index (χ2n) is 3.52. The third kappa shape index (κ3) is 5.30. The third-order valence-corrected chi connectivity index (χ3v) is 2.34. The van der Waals surface area contributed by atoms with Crippen molar-refractivity contribution in [2.45, 2.75) is 12.5 Å². The van der Waals surface area contributed by atoms with E-state index in [4.69, 9.17) is 14.2 Å². The van der Waals surface area contributed by atoms with E-state index >= 15 is 0 Å². The zero-order valence-electron chi connectivity index (χ0n) is 10.1. The Morgan fingerprint density at radius 2 is 2.12 bits per heavy atom. The Labute approximate surface area is 97.3 Å². The Balaban J connectivity index is 1.99. The van der Waals surface area contributed by atoms with Crippen LogP contribution in [-0.2, 0) is 14.2 Å². The highest BCUT2D eigenvalue weighted by atomic mass is 16.5. The van der Waals surface area contributed by atoms with Crippen molar-refractivity contribution >= 4 is 0 Å². The summed E-state index contributed by atoms with van der Waals surface area (Å²) in [6.45, 7) is 2.51. The molecule has 0 saturated heterocycles. The normalized spacial score (nSPS) is 19.6. The van der Waals surface area contributed by atoms with E-state index in [1.54, 1.807) is 7.11 Å². The molecular weight excluding hydrogens is 206 g/mol. The van der Waals surface area contributed by atoms with E-state index in [1.165, 1.54) is 0 Å². The molecule has 0 saturated carbocycles. The van der Waals surface area contributed by atoms with Crippen LogP contribution in [0.1, 0.15) is 6.42 Å². The first kappa shape index (κ1) is 13.2. The van der Waals surface area contributed by atoms with Gasteiger partial charge in [-0.25, -0.2) is 0 Å². The number of nitrogens with one attached hydrogen (secondary N) is 1. The molecule has 0 radical (unpaired) electrons. The van der Waals surface area contributed by atoms with E-state index in [1.807, 2.05) is 13.1 Å². The molecule has 0 amide bonds. The first-order valence-electron chi connectivity index (χ1n) is 5.61. The molecule has 0 spiro atoms. The number of ether oxygens (including phenoxy) is 3. The number of hydrogen-bond donors (Lipinski definition) is 1. The third-order valence-electron chi connectivity index (χ3n) is 2.34. The van der Waals surface area contributed by atoms with Gasteiger partial charge < -0.3 is 19.5 Å².